The highest BCUT2D eigenvalue weighted by atomic mass is 32.2. The molecule has 0 bridgehead atoms. The van der Waals surface area contributed by atoms with Gasteiger partial charge < -0.3 is 9.64 Å². The molecule has 166 valence electrons. The number of esters is 1. The van der Waals surface area contributed by atoms with E-state index in [1.54, 1.807) is 32.2 Å². The number of likely N-dealkylation sites (N-methyl/N-ethyl adjacent to an activating group) is 1. The van der Waals surface area contributed by atoms with Gasteiger partial charge in [0.15, 0.2) is 6.10 Å². The fourth-order valence-electron chi connectivity index (χ4n) is 3.56. The summed E-state index contributed by atoms with van der Waals surface area (Å²) in [7, 11) is -2.07. The molecule has 0 saturated carbocycles. The highest BCUT2D eigenvalue weighted by Gasteiger charge is 2.28. The van der Waals surface area contributed by atoms with Crippen LogP contribution in [0.3, 0.4) is 0 Å². The van der Waals surface area contributed by atoms with Gasteiger partial charge >= 0.3 is 5.97 Å². The number of carbonyl (C=O) groups is 2. The zero-order valence-corrected chi connectivity index (χ0v) is 18.9. The fraction of sp³-hybridized carbons (Fsp3) is 0.391. The molecule has 8 heteroatoms. The molecule has 2 aromatic rings. The second-order valence-corrected chi connectivity index (χ2v) is 9.66. The number of para-hydroxylation sites is 1. The van der Waals surface area contributed by atoms with E-state index < -0.39 is 22.1 Å². The molecule has 0 spiro atoms. The van der Waals surface area contributed by atoms with E-state index in [2.05, 4.69) is 0 Å². The molecule has 0 unspecified atom stereocenters. The highest BCUT2D eigenvalue weighted by Crippen LogP contribution is 2.24. The lowest BCUT2D eigenvalue weighted by molar-refractivity contribution is -0.126. The lowest BCUT2D eigenvalue weighted by atomic mass is 10.1. The minimum Gasteiger partial charge on any atom is -0.449 e. The van der Waals surface area contributed by atoms with Crippen LogP contribution in [-0.4, -0.2) is 50.8 Å². The number of nitrogens with zero attached hydrogens (tertiary/aromatic N) is 2. The smallest absolute Gasteiger partial charge is 0.339 e. The van der Waals surface area contributed by atoms with E-state index in [-0.39, 0.29) is 16.4 Å². The summed E-state index contributed by atoms with van der Waals surface area (Å²) < 4.78 is 32.8. The Hall–Kier alpha value is -2.71. The number of hydrogen-bond acceptors (Lipinski definition) is 5. The van der Waals surface area contributed by atoms with Crippen LogP contribution in [0.2, 0.25) is 0 Å². The molecular formula is C23H28N2O5S. The van der Waals surface area contributed by atoms with Crippen LogP contribution in [0.4, 0.5) is 5.69 Å². The molecule has 0 radical (unpaired) electrons. The van der Waals surface area contributed by atoms with Gasteiger partial charge in [-0.1, -0.05) is 30.7 Å². The van der Waals surface area contributed by atoms with Gasteiger partial charge in [0.1, 0.15) is 0 Å². The first kappa shape index (κ1) is 23.0. The molecule has 2 aromatic carbocycles. The molecule has 3 rings (SSSR count). The summed E-state index contributed by atoms with van der Waals surface area (Å²) in [6.07, 6.45) is 1.64. The zero-order chi connectivity index (χ0) is 22.6. The Morgan fingerprint density at radius 3 is 2.32 bits per heavy atom. The van der Waals surface area contributed by atoms with Crippen molar-refractivity contribution in [2.75, 3.05) is 25.0 Å². The van der Waals surface area contributed by atoms with Gasteiger partial charge in [-0.3, -0.25) is 4.79 Å². The summed E-state index contributed by atoms with van der Waals surface area (Å²) in [5, 5.41) is 0. The maximum absolute atomic E-state index is 13.0. The third kappa shape index (κ3) is 5.14. The molecule has 1 aliphatic heterocycles. The maximum Gasteiger partial charge on any atom is 0.339 e. The molecule has 1 amide bonds. The van der Waals surface area contributed by atoms with Crippen LogP contribution < -0.4 is 4.90 Å². The fourth-order valence-corrected chi connectivity index (χ4v) is 5.11. The van der Waals surface area contributed by atoms with E-state index in [1.165, 1.54) is 28.3 Å². The summed E-state index contributed by atoms with van der Waals surface area (Å²) >= 11 is 0. The van der Waals surface area contributed by atoms with Crippen LogP contribution in [-0.2, 0) is 19.6 Å². The number of piperidine rings is 1. The van der Waals surface area contributed by atoms with Gasteiger partial charge in [-0.05, 0) is 56.5 Å². The van der Waals surface area contributed by atoms with Gasteiger partial charge in [0.05, 0.1) is 10.5 Å². The number of anilines is 1. The summed E-state index contributed by atoms with van der Waals surface area (Å²) in [4.78, 5) is 26.9. The normalized spacial score (nSPS) is 15.8. The van der Waals surface area contributed by atoms with Gasteiger partial charge in [-0.2, -0.15) is 4.31 Å². The van der Waals surface area contributed by atoms with Crippen molar-refractivity contribution in [3.8, 4) is 0 Å². The lowest BCUT2D eigenvalue weighted by Gasteiger charge is -2.26. The molecule has 0 N–H and O–H groups in total. The lowest BCUT2D eigenvalue weighted by Crippen LogP contribution is -2.37. The monoisotopic (exact) mass is 444 g/mol. The van der Waals surface area contributed by atoms with Gasteiger partial charge in [-0.25, -0.2) is 13.2 Å². The van der Waals surface area contributed by atoms with E-state index in [1.807, 2.05) is 18.2 Å². The van der Waals surface area contributed by atoms with Crippen molar-refractivity contribution in [3.05, 3.63) is 59.7 Å². The molecule has 1 heterocycles. The quantitative estimate of drug-likeness (QED) is 0.638. The standard InChI is InChI=1S/C23H28N2O5S/c1-17-12-13-20(31(28,29)25-14-8-5-9-15-25)16-21(17)23(27)30-18(2)22(26)24(3)19-10-6-4-7-11-19/h4,6-7,10-13,16,18H,5,8-9,14-15H2,1-3H3/t18-/m1/s1. The number of ether oxygens (including phenoxy) is 1. The Bertz CT molecular complexity index is 1050. The van der Waals surface area contributed by atoms with Crippen molar-refractivity contribution in [3.63, 3.8) is 0 Å². The Morgan fingerprint density at radius 1 is 1.03 bits per heavy atom. The third-order valence-corrected chi connectivity index (χ3v) is 7.38. The Kier molecular flexibility index (Phi) is 7.12. The minimum atomic E-state index is -3.68. The Labute approximate surface area is 183 Å². The zero-order valence-electron chi connectivity index (χ0n) is 18.1. The number of rotatable bonds is 6. The van der Waals surface area contributed by atoms with Gasteiger partial charge in [0.2, 0.25) is 10.0 Å². The maximum atomic E-state index is 13.0. The SMILES string of the molecule is Cc1ccc(S(=O)(=O)N2CCCCC2)cc1C(=O)O[C@H](C)C(=O)N(C)c1ccccc1. The van der Waals surface area contributed by atoms with Crippen LogP contribution in [0.25, 0.3) is 0 Å². The number of aryl methyl sites for hydroxylation is 1. The van der Waals surface area contributed by atoms with Crippen molar-refractivity contribution in [1.82, 2.24) is 4.31 Å². The number of hydrogen-bond donors (Lipinski definition) is 0. The summed E-state index contributed by atoms with van der Waals surface area (Å²) in [6.45, 7) is 4.17. The van der Waals surface area contributed by atoms with Crippen molar-refractivity contribution < 1.29 is 22.7 Å². The second-order valence-electron chi connectivity index (χ2n) is 7.72. The molecule has 31 heavy (non-hydrogen) atoms. The van der Waals surface area contributed by atoms with Crippen LogP contribution in [0, 0.1) is 6.92 Å². The van der Waals surface area contributed by atoms with E-state index in [4.69, 9.17) is 4.74 Å². The van der Waals surface area contributed by atoms with Crippen molar-refractivity contribution in [1.29, 1.82) is 0 Å². The average Bonchev–Trinajstić information content (AvgIpc) is 2.79. The molecule has 1 saturated heterocycles. The predicted molar refractivity (Wildman–Crippen MR) is 119 cm³/mol. The third-order valence-electron chi connectivity index (χ3n) is 5.49. The minimum absolute atomic E-state index is 0.0623. The topological polar surface area (TPSA) is 84.0 Å². The molecule has 0 aliphatic carbocycles. The van der Waals surface area contributed by atoms with Gasteiger partial charge in [0, 0.05) is 25.8 Å². The summed E-state index contributed by atoms with van der Waals surface area (Å²) in [6, 6.07) is 13.5. The summed E-state index contributed by atoms with van der Waals surface area (Å²) in [5.74, 6) is -1.11. The largest absolute Gasteiger partial charge is 0.449 e. The second kappa shape index (κ2) is 9.62. The molecular weight excluding hydrogens is 416 g/mol. The van der Waals surface area contributed by atoms with Crippen LogP contribution in [0.5, 0.6) is 0 Å². The first-order valence-corrected chi connectivity index (χ1v) is 11.8. The molecule has 1 atom stereocenters. The predicted octanol–water partition coefficient (Wildman–Crippen LogP) is 3.38. The average molecular weight is 445 g/mol. The van der Waals surface area contributed by atoms with Crippen molar-refractivity contribution in [2.45, 2.75) is 44.1 Å². The van der Waals surface area contributed by atoms with E-state index >= 15 is 0 Å². The molecule has 1 fully saturated rings. The van der Waals surface area contributed by atoms with Gasteiger partial charge in [0.25, 0.3) is 5.91 Å². The Morgan fingerprint density at radius 2 is 1.68 bits per heavy atom. The van der Waals surface area contributed by atoms with E-state index in [0.717, 1.165) is 19.3 Å². The van der Waals surface area contributed by atoms with E-state index in [0.29, 0.717) is 24.3 Å². The van der Waals surface area contributed by atoms with Crippen LogP contribution >= 0.6 is 0 Å². The molecule has 7 nitrogen and oxygen atoms in total. The number of amides is 1. The van der Waals surface area contributed by atoms with Crippen molar-refractivity contribution in [2.24, 2.45) is 0 Å². The number of benzene rings is 2. The van der Waals surface area contributed by atoms with E-state index in [9.17, 15) is 18.0 Å². The molecule has 1 aliphatic rings. The number of sulfonamides is 1. The first-order chi connectivity index (χ1) is 14.7. The van der Waals surface area contributed by atoms with Crippen molar-refractivity contribution >= 4 is 27.6 Å². The Balaban J connectivity index is 1.77. The first-order valence-electron chi connectivity index (χ1n) is 10.4. The van der Waals surface area contributed by atoms with Crippen LogP contribution in [0.1, 0.15) is 42.1 Å². The summed E-state index contributed by atoms with van der Waals surface area (Å²) in [5.41, 5.74) is 1.40. The number of carbonyl (C=O) groups excluding carboxylic acids is 2. The molecule has 0 aromatic heterocycles. The highest BCUT2D eigenvalue weighted by molar-refractivity contribution is 7.89. The van der Waals surface area contributed by atoms with Gasteiger partial charge in [-0.15, -0.1) is 0 Å². The van der Waals surface area contributed by atoms with Crippen LogP contribution in [0.15, 0.2) is 53.4 Å².